The van der Waals surface area contributed by atoms with Crippen molar-refractivity contribution in [3.63, 3.8) is 0 Å². The van der Waals surface area contributed by atoms with Crippen molar-refractivity contribution >= 4 is 22.6 Å². The number of nitro groups is 1. The van der Waals surface area contributed by atoms with Gasteiger partial charge in [-0.05, 0) is 48.9 Å². The maximum atomic E-state index is 13.6. The van der Waals surface area contributed by atoms with Gasteiger partial charge in [0.1, 0.15) is 18.2 Å². The number of carbonyl (C=O) groups excluding carboxylic acids is 1. The number of nitrogens with zero attached hydrogens (tertiary/aromatic N) is 3. The number of benzene rings is 2. The number of halogens is 1. The molecule has 4 heterocycles. The third kappa shape index (κ3) is 3.03. The van der Waals surface area contributed by atoms with Crippen LogP contribution in [0.25, 0.3) is 22.3 Å². The van der Waals surface area contributed by atoms with Gasteiger partial charge in [0, 0.05) is 17.2 Å². The molecule has 0 saturated carbocycles. The van der Waals surface area contributed by atoms with Gasteiger partial charge in [0.2, 0.25) is 5.60 Å². The number of esters is 1. The van der Waals surface area contributed by atoms with Crippen LogP contribution >= 0.6 is 0 Å². The molecule has 9 nitrogen and oxygen atoms in total. The van der Waals surface area contributed by atoms with Crippen molar-refractivity contribution in [3.05, 3.63) is 97.6 Å². The molecule has 1 atom stereocenters. The molecule has 36 heavy (non-hydrogen) atoms. The molecule has 0 bridgehead atoms. The average molecular weight is 487 g/mol. The minimum absolute atomic E-state index is 0.0675. The van der Waals surface area contributed by atoms with Crippen molar-refractivity contribution in [1.82, 2.24) is 9.55 Å². The highest BCUT2D eigenvalue weighted by Crippen LogP contribution is 2.41. The fourth-order valence-corrected chi connectivity index (χ4v) is 5.01. The van der Waals surface area contributed by atoms with Crippen molar-refractivity contribution in [2.45, 2.75) is 32.1 Å². The Morgan fingerprint density at radius 1 is 1.19 bits per heavy atom. The number of hydrogen-bond donors (Lipinski definition) is 0. The lowest BCUT2D eigenvalue weighted by molar-refractivity contribution is -0.383. The predicted octanol–water partition coefficient (Wildman–Crippen LogP) is 4.21. The first-order chi connectivity index (χ1) is 17.3. The standard InChI is InChI=1S/C26H18FN3O6/c1-2-26(36-16-8-6-15(27)7-9-16)19-11-22-23-14(12-29(22)24(31)18(19)13-35-25(26)32)10-17-20(28-23)4-3-5-21(17)30(33)34/h3-11H,2,12-13H2,1H3/t26-/m0/s1. The molecule has 0 saturated heterocycles. The second-order valence-electron chi connectivity index (χ2n) is 8.72. The predicted molar refractivity (Wildman–Crippen MR) is 126 cm³/mol. The van der Waals surface area contributed by atoms with Crippen LogP contribution in [-0.4, -0.2) is 20.4 Å². The summed E-state index contributed by atoms with van der Waals surface area (Å²) in [6, 6.07) is 13.3. The summed E-state index contributed by atoms with van der Waals surface area (Å²) < 4.78 is 26.5. The topological polar surface area (TPSA) is 114 Å². The van der Waals surface area contributed by atoms with E-state index in [0.717, 1.165) is 0 Å². The van der Waals surface area contributed by atoms with Gasteiger partial charge in [-0.25, -0.2) is 14.2 Å². The van der Waals surface area contributed by atoms with Gasteiger partial charge in [-0.2, -0.15) is 0 Å². The molecular formula is C26H18FN3O6. The van der Waals surface area contributed by atoms with Gasteiger partial charge >= 0.3 is 5.97 Å². The Morgan fingerprint density at radius 3 is 2.69 bits per heavy atom. The molecule has 2 aromatic heterocycles. The first-order valence-corrected chi connectivity index (χ1v) is 11.3. The van der Waals surface area contributed by atoms with Crippen LogP contribution in [0.5, 0.6) is 5.75 Å². The normalized spacial score (nSPS) is 17.8. The molecule has 10 heteroatoms. The van der Waals surface area contributed by atoms with E-state index in [1.54, 1.807) is 31.2 Å². The zero-order valence-corrected chi connectivity index (χ0v) is 19.0. The Kier molecular flexibility index (Phi) is 4.69. The van der Waals surface area contributed by atoms with Gasteiger partial charge in [0.05, 0.1) is 39.3 Å². The van der Waals surface area contributed by atoms with Crippen molar-refractivity contribution in [3.8, 4) is 17.1 Å². The summed E-state index contributed by atoms with van der Waals surface area (Å²) in [6.07, 6.45) is 0.156. The Balaban J connectivity index is 1.56. The third-order valence-corrected chi connectivity index (χ3v) is 6.80. The van der Waals surface area contributed by atoms with Gasteiger partial charge in [0.15, 0.2) is 0 Å². The quantitative estimate of drug-likeness (QED) is 0.212. The van der Waals surface area contributed by atoms with Gasteiger partial charge in [-0.1, -0.05) is 13.0 Å². The lowest BCUT2D eigenvalue weighted by Crippen LogP contribution is -2.48. The van der Waals surface area contributed by atoms with E-state index < -0.39 is 22.3 Å². The van der Waals surface area contributed by atoms with Gasteiger partial charge in [-0.3, -0.25) is 14.9 Å². The van der Waals surface area contributed by atoms with Crippen molar-refractivity contribution in [1.29, 1.82) is 0 Å². The summed E-state index contributed by atoms with van der Waals surface area (Å²) in [6.45, 7) is 1.71. The van der Waals surface area contributed by atoms with E-state index in [-0.39, 0.29) is 42.1 Å². The molecule has 4 aromatic rings. The van der Waals surface area contributed by atoms with Gasteiger partial charge in [0.25, 0.3) is 11.2 Å². The van der Waals surface area contributed by atoms with E-state index in [9.17, 15) is 24.1 Å². The summed E-state index contributed by atoms with van der Waals surface area (Å²) >= 11 is 0. The smallest absolute Gasteiger partial charge is 0.355 e. The number of pyridine rings is 2. The van der Waals surface area contributed by atoms with Crippen LogP contribution < -0.4 is 10.3 Å². The zero-order valence-electron chi connectivity index (χ0n) is 19.0. The molecule has 180 valence electrons. The summed E-state index contributed by atoms with van der Waals surface area (Å²) in [7, 11) is 0. The molecule has 0 N–H and O–H groups in total. The van der Waals surface area contributed by atoms with Crippen molar-refractivity contribution < 1.29 is 23.6 Å². The minimum Gasteiger partial charge on any atom is -0.471 e. The number of hydrogen-bond acceptors (Lipinski definition) is 7. The Hall–Kier alpha value is -4.60. The van der Waals surface area contributed by atoms with Gasteiger partial charge < -0.3 is 14.0 Å². The van der Waals surface area contributed by atoms with Crippen molar-refractivity contribution in [2.75, 3.05) is 0 Å². The fourth-order valence-electron chi connectivity index (χ4n) is 5.01. The Labute approximate surface area is 202 Å². The lowest BCUT2D eigenvalue weighted by Gasteiger charge is -2.36. The largest absolute Gasteiger partial charge is 0.471 e. The van der Waals surface area contributed by atoms with Crippen LogP contribution in [-0.2, 0) is 28.3 Å². The number of cyclic esters (lactones) is 1. The summed E-state index contributed by atoms with van der Waals surface area (Å²) in [5, 5.41) is 11.9. The van der Waals surface area contributed by atoms with Crippen LogP contribution in [0.1, 0.15) is 30.0 Å². The molecule has 0 radical (unpaired) electrons. The monoisotopic (exact) mass is 487 g/mol. The van der Waals surface area contributed by atoms with E-state index in [2.05, 4.69) is 4.98 Å². The van der Waals surface area contributed by atoms with E-state index in [0.29, 0.717) is 33.4 Å². The average Bonchev–Trinajstić information content (AvgIpc) is 3.23. The van der Waals surface area contributed by atoms with E-state index in [1.807, 2.05) is 0 Å². The lowest BCUT2D eigenvalue weighted by atomic mass is 9.85. The van der Waals surface area contributed by atoms with E-state index in [4.69, 9.17) is 9.47 Å². The maximum absolute atomic E-state index is 13.6. The summed E-state index contributed by atoms with van der Waals surface area (Å²) in [5.41, 5.74) is 0.690. The maximum Gasteiger partial charge on any atom is 0.355 e. The molecule has 2 aliphatic heterocycles. The summed E-state index contributed by atoms with van der Waals surface area (Å²) in [4.78, 5) is 42.4. The van der Waals surface area contributed by atoms with Crippen LogP contribution in [0.4, 0.5) is 10.1 Å². The van der Waals surface area contributed by atoms with Crippen LogP contribution in [0.2, 0.25) is 0 Å². The molecular weight excluding hydrogens is 469 g/mol. The number of ether oxygens (including phenoxy) is 2. The third-order valence-electron chi connectivity index (χ3n) is 6.80. The molecule has 6 rings (SSSR count). The highest BCUT2D eigenvalue weighted by molar-refractivity contribution is 5.91. The molecule has 0 unspecified atom stereocenters. The van der Waals surface area contributed by atoms with Crippen molar-refractivity contribution in [2.24, 2.45) is 0 Å². The molecule has 2 aromatic carbocycles. The number of rotatable bonds is 4. The number of nitro benzene ring substituents is 1. The Morgan fingerprint density at radius 2 is 1.97 bits per heavy atom. The minimum atomic E-state index is -1.61. The van der Waals surface area contributed by atoms with E-state index in [1.165, 1.54) is 34.9 Å². The molecule has 0 aliphatic carbocycles. The first-order valence-electron chi connectivity index (χ1n) is 11.3. The number of non-ortho nitro benzene ring substituents is 1. The van der Waals surface area contributed by atoms with Gasteiger partial charge in [-0.15, -0.1) is 0 Å². The van der Waals surface area contributed by atoms with Crippen LogP contribution in [0.15, 0.2) is 59.4 Å². The SMILES string of the molecule is CC[C@@]1(Oc2ccc(F)cc2)C(=O)OCc2c1cc1n(c2=O)Cc2cc3c([N+](=O)[O-])cccc3nc2-1. The highest BCUT2D eigenvalue weighted by Gasteiger charge is 2.49. The second-order valence-corrected chi connectivity index (χ2v) is 8.72. The molecule has 2 aliphatic rings. The molecule has 0 spiro atoms. The number of aromatic nitrogens is 2. The fraction of sp³-hybridized carbons (Fsp3) is 0.192. The highest BCUT2D eigenvalue weighted by atomic mass is 19.1. The second kappa shape index (κ2) is 7.70. The molecule has 0 fully saturated rings. The van der Waals surface area contributed by atoms with Crippen LogP contribution in [0, 0.1) is 15.9 Å². The zero-order chi connectivity index (χ0) is 25.2. The van der Waals surface area contributed by atoms with Crippen LogP contribution in [0.3, 0.4) is 0 Å². The van der Waals surface area contributed by atoms with E-state index >= 15 is 0 Å². The number of carbonyl (C=O) groups is 1. The number of fused-ring (bicyclic) bond motifs is 5. The Bertz CT molecular complexity index is 1660. The molecule has 0 amide bonds. The first kappa shape index (κ1) is 21.9. The summed E-state index contributed by atoms with van der Waals surface area (Å²) in [5.74, 6) is -0.849.